The van der Waals surface area contributed by atoms with E-state index < -0.39 is 63.3 Å². The molecule has 0 unspecified atom stereocenters. The molecule has 148 valence electrons. The van der Waals surface area contributed by atoms with E-state index in [1.807, 2.05) is 0 Å². The number of fused-ring (bicyclic) bond motifs is 2. The second-order valence-corrected chi connectivity index (χ2v) is 6.44. The predicted molar refractivity (Wildman–Crippen MR) is 114 cm³/mol. The first-order chi connectivity index (χ1) is 19.5. The summed E-state index contributed by atoms with van der Waals surface area (Å²) in [5.41, 5.74) is 0.0353. The molecule has 1 atom stereocenters. The van der Waals surface area contributed by atoms with Gasteiger partial charge in [0.15, 0.2) is 5.65 Å². The van der Waals surface area contributed by atoms with Gasteiger partial charge in [0, 0.05) is 48.6 Å². The van der Waals surface area contributed by atoms with Crippen LogP contribution in [0.25, 0.3) is 11.0 Å². The average Bonchev–Trinajstić information content (AvgIpc) is 3.16. The molecule has 4 rings (SSSR count). The summed E-state index contributed by atoms with van der Waals surface area (Å²) in [6, 6.07) is 10.4. The smallest absolute Gasteiger partial charge is 0.260 e. The third kappa shape index (κ3) is 3.77. The van der Waals surface area contributed by atoms with Crippen molar-refractivity contribution in [2.45, 2.75) is 45.8 Å². The molecule has 0 spiro atoms. The largest absolute Gasteiger partial charge is 0.300 e. The Morgan fingerprint density at radius 1 is 1.21 bits per heavy atom. The Balaban J connectivity index is 1.80. The van der Waals surface area contributed by atoms with Gasteiger partial charge in [0.1, 0.15) is 11.6 Å². The SMILES string of the molecule is [2H]C([2H])([2H])c1ccc2ccc(N3C(=O)c4ccccc4[C@@H]3CC(=O)C([2H])([2H])C([2H])([2H])C([2H])(C([2H])([2H])[2H])C([2H])([2H])[2H])nc2n1. The van der Waals surface area contributed by atoms with Crippen LogP contribution in [0.4, 0.5) is 5.82 Å². The van der Waals surface area contributed by atoms with Crippen molar-refractivity contribution in [1.82, 2.24) is 9.97 Å². The number of Topliss-reactive ketones (excluding diaryl/α,β-unsaturated/α-hetero) is 1. The van der Waals surface area contributed by atoms with Crippen molar-refractivity contribution in [1.29, 1.82) is 0 Å². The Morgan fingerprint density at radius 2 is 2.03 bits per heavy atom. The molecule has 0 saturated heterocycles. The topological polar surface area (TPSA) is 63.2 Å². The number of aromatic nitrogens is 2. The molecule has 5 nitrogen and oxygen atoms in total. The highest BCUT2D eigenvalue weighted by molar-refractivity contribution is 6.11. The maximum Gasteiger partial charge on any atom is 0.260 e. The lowest BCUT2D eigenvalue weighted by Gasteiger charge is -2.24. The quantitative estimate of drug-likeness (QED) is 0.581. The fourth-order valence-corrected chi connectivity index (χ4v) is 3.34. The Labute approximate surface area is 190 Å². The molecule has 0 saturated carbocycles. The molecule has 0 N–H and O–H groups in total. The van der Waals surface area contributed by atoms with Crippen molar-refractivity contribution < 1.29 is 28.8 Å². The van der Waals surface area contributed by atoms with Gasteiger partial charge >= 0.3 is 0 Å². The molecular formula is C24H25N3O2. The first-order valence-corrected chi connectivity index (χ1v) is 8.71. The first kappa shape index (κ1) is 8.74. The van der Waals surface area contributed by atoms with E-state index in [0.29, 0.717) is 5.39 Å². The molecule has 29 heavy (non-hydrogen) atoms. The zero-order valence-electron chi connectivity index (χ0n) is 29.1. The Morgan fingerprint density at radius 3 is 2.86 bits per heavy atom. The summed E-state index contributed by atoms with van der Waals surface area (Å²) in [4.78, 5) is 36.5. The van der Waals surface area contributed by atoms with E-state index in [9.17, 15) is 9.59 Å². The zero-order chi connectivity index (χ0) is 32.6. The molecule has 2 aromatic heterocycles. The Bertz CT molecular complexity index is 1580. The number of nitrogens with zero attached hydrogens (tertiary/aromatic N) is 3. The highest BCUT2D eigenvalue weighted by Gasteiger charge is 2.39. The van der Waals surface area contributed by atoms with Crippen molar-refractivity contribution in [3.63, 3.8) is 0 Å². The minimum atomic E-state index is -4.06. The first-order valence-electron chi connectivity index (χ1n) is 15.7. The summed E-state index contributed by atoms with van der Waals surface area (Å²) in [6.07, 6.45) is -8.83. The predicted octanol–water partition coefficient (Wildman–Crippen LogP) is 5.04. The van der Waals surface area contributed by atoms with Crippen LogP contribution in [0.5, 0.6) is 0 Å². The van der Waals surface area contributed by atoms with E-state index in [4.69, 9.17) is 19.2 Å². The number of aryl methyl sites for hydroxylation is 1. The van der Waals surface area contributed by atoms with Crippen molar-refractivity contribution in [2.24, 2.45) is 5.89 Å². The highest BCUT2D eigenvalue weighted by Crippen LogP contribution is 2.39. The van der Waals surface area contributed by atoms with E-state index in [2.05, 4.69) is 9.97 Å². The van der Waals surface area contributed by atoms with Gasteiger partial charge in [-0.15, -0.1) is 0 Å². The number of amides is 1. The lowest BCUT2D eigenvalue weighted by Crippen LogP contribution is -2.30. The third-order valence-electron chi connectivity index (χ3n) is 4.57. The minimum absolute atomic E-state index is 0.0408. The van der Waals surface area contributed by atoms with E-state index in [1.165, 1.54) is 48.5 Å². The van der Waals surface area contributed by atoms with Gasteiger partial charge in [-0.1, -0.05) is 31.9 Å². The number of hydrogen-bond acceptors (Lipinski definition) is 4. The lowest BCUT2D eigenvalue weighted by atomic mass is 9.97. The maximum absolute atomic E-state index is 13.5. The molecule has 3 aromatic rings. The van der Waals surface area contributed by atoms with Crippen molar-refractivity contribution in [3.05, 3.63) is 65.4 Å². The van der Waals surface area contributed by atoms with Crippen LogP contribution in [0, 0.1) is 12.7 Å². The van der Waals surface area contributed by atoms with Crippen LogP contribution in [0.15, 0.2) is 48.5 Å². The zero-order valence-corrected chi connectivity index (χ0v) is 15.1. The summed E-state index contributed by atoms with van der Waals surface area (Å²) in [5, 5.41) is 0.430. The number of anilines is 1. The van der Waals surface area contributed by atoms with E-state index >= 15 is 0 Å². The van der Waals surface area contributed by atoms with Gasteiger partial charge < -0.3 is 0 Å². The van der Waals surface area contributed by atoms with Crippen LogP contribution in [0.2, 0.25) is 0 Å². The summed E-state index contributed by atoms with van der Waals surface area (Å²) >= 11 is 0. The Kier molecular flexibility index (Phi) is 2.33. The monoisotopic (exact) mass is 401 g/mol. The minimum Gasteiger partial charge on any atom is -0.300 e. The van der Waals surface area contributed by atoms with Gasteiger partial charge in [-0.05, 0) is 55.0 Å². The summed E-state index contributed by atoms with van der Waals surface area (Å²) in [6.45, 7) is -10.3. The number of rotatable bonds is 6. The lowest BCUT2D eigenvalue weighted by molar-refractivity contribution is -0.119. The molecule has 0 fully saturated rings. The fourth-order valence-electron chi connectivity index (χ4n) is 3.34. The number of pyridine rings is 2. The molecule has 3 heterocycles. The van der Waals surface area contributed by atoms with Gasteiger partial charge in [-0.3, -0.25) is 14.5 Å². The number of benzene rings is 1. The van der Waals surface area contributed by atoms with Crippen LogP contribution in [-0.2, 0) is 4.79 Å². The molecule has 1 aliphatic rings. The van der Waals surface area contributed by atoms with Gasteiger partial charge in [-0.2, -0.15) is 0 Å². The van der Waals surface area contributed by atoms with E-state index in [1.54, 1.807) is 0 Å². The molecule has 1 aliphatic heterocycles. The second kappa shape index (κ2) is 7.74. The molecule has 1 aromatic carbocycles. The number of ketones is 1. The molecule has 0 radical (unpaired) electrons. The van der Waals surface area contributed by atoms with Crippen LogP contribution >= 0.6 is 0 Å². The van der Waals surface area contributed by atoms with Crippen LogP contribution in [0.1, 0.15) is 79.7 Å². The highest BCUT2D eigenvalue weighted by atomic mass is 16.2. The van der Waals surface area contributed by atoms with Crippen LogP contribution < -0.4 is 4.90 Å². The van der Waals surface area contributed by atoms with Crippen molar-refractivity contribution in [2.75, 3.05) is 4.90 Å². The Hall–Kier alpha value is -3.08. The van der Waals surface area contributed by atoms with Crippen molar-refractivity contribution in [3.8, 4) is 0 Å². The number of hydrogen-bond donors (Lipinski definition) is 0. The fraction of sp³-hybridized carbons (Fsp3) is 0.333. The third-order valence-corrected chi connectivity index (χ3v) is 4.57. The molecule has 1 amide bonds. The maximum atomic E-state index is 13.5. The normalized spacial score (nSPS) is 25.7. The van der Waals surface area contributed by atoms with Crippen LogP contribution in [-0.4, -0.2) is 21.7 Å². The van der Waals surface area contributed by atoms with Gasteiger partial charge in [0.25, 0.3) is 5.91 Å². The van der Waals surface area contributed by atoms with Crippen LogP contribution in [0.3, 0.4) is 0 Å². The van der Waals surface area contributed by atoms with E-state index in [0.717, 1.165) is 4.90 Å². The summed E-state index contributed by atoms with van der Waals surface area (Å²) in [5.74, 6) is -6.40. The second-order valence-electron chi connectivity index (χ2n) is 6.44. The van der Waals surface area contributed by atoms with Gasteiger partial charge in [0.2, 0.25) is 0 Å². The number of carbonyl (C=O) groups excluding carboxylic acids is 2. The number of carbonyl (C=O) groups is 2. The van der Waals surface area contributed by atoms with Crippen molar-refractivity contribution >= 4 is 28.5 Å². The average molecular weight is 402 g/mol. The van der Waals surface area contributed by atoms with E-state index in [-0.39, 0.29) is 28.3 Å². The van der Waals surface area contributed by atoms with Gasteiger partial charge in [0.05, 0.1) is 6.04 Å². The summed E-state index contributed by atoms with van der Waals surface area (Å²) < 4.78 is 110. The van der Waals surface area contributed by atoms with Gasteiger partial charge in [-0.25, -0.2) is 9.97 Å². The molecule has 0 bridgehead atoms. The molecular weight excluding hydrogens is 362 g/mol. The molecule has 5 heteroatoms. The molecule has 0 aliphatic carbocycles. The standard InChI is InChI=1S/C24H25N3O2/c1-15(2)8-12-18(28)14-21-19-6-4-5-7-20(19)24(29)27(21)22-13-11-17-10-9-16(3)25-23(17)26-22/h4-7,9-11,13,15,21H,8,12,14H2,1-3H3/t21-/m0/s1/i1D3,2D3,3D3,8D2,12D2,15D. The summed E-state index contributed by atoms with van der Waals surface area (Å²) in [7, 11) is 0.